The third-order valence-electron chi connectivity index (χ3n) is 5.10. The number of benzene rings is 1. The summed E-state index contributed by atoms with van der Waals surface area (Å²) in [5.74, 6) is 0. The normalized spacial score (nSPS) is 21.3. The van der Waals surface area contributed by atoms with E-state index in [2.05, 4.69) is 45.0 Å². The van der Waals surface area contributed by atoms with Crippen molar-refractivity contribution in [1.82, 2.24) is 10.7 Å². The second-order valence-corrected chi connectivity index (χ2v) is 7.51. The van der Waals surface area contributed by atoms with Crippen molar-refractivity contribution >= 4 is 28.7 Å². The van der Waals surface area contributed by atoms with E-state index in [0.717, 1.165) is 37.3 Å². The molecule has 0 spiro atoms. The molecule has 3 rings (SSSR count). The maximum absolute atomic E-state index is 5.58. The molecule has 2 N–H and O–H groups in total. The van der Waals surface area contributed by atoms with Gasteiger partial charge in [0.05, 0.1) is 11.8 Å². The van der Waals surface area contributed by atoms with E-state index >= 15 is 0 Å². The van der Waals surface area contributed by atoms with Crippen LogP contribution in [0.1, 0.15) is 51.0 Å². The molecule has 0 radical (unpaired) electrons. The molecule has 2 fully saturated rings. The molecular formula is C20H30N4OS. The Kier molecular flexibility index (Phi) is 7.26. The van der Waals surface area contributed by atoms with Gasteiger partial charge in [-0.05, 0) is 62.5 Å². The van der Waals surface area contributed by atoms with Gasteiger partial charge in [0.2, 0.25) is 0 Å². The van der Waals surface area contributed by atoms with Gasteiger partial charge in [0, 0.05) is 31.9 Å². The van der Waals surface area contributed by atoms with E-state index in [1.165, 1.54) is 44.5 Å². The smallest absolute Gasteiger partial charge is 0.187 e. The lowest BCUT2D eigenvalue weighted by atomic mass is 10.1. The lowest BCUT2D eigenvalue weighted by Crippen LogP contribution is -2.37. The van der Waals surface area contributed by atoms with Gasteiger partial charge in [-0.15, -0.1) is 0 Å². The van der Waals surface area contributed by atoms with Crippen LogP contribution in [0.3, 0.4) is 0 Å². The molecule has 142 valence electrons. The monoisotopic (exact) mass is 374 g/mol. The van der Waals surface area contributed by atoms with Gasteiger partial charge in [0.15, 0.2) is 5.11 Å². The van der Waals surface area contributed by atoms with Crippen LogP contribution >= 0.6 is 12.2 Å². The van der Waals surface area contributed by atoms with Gasteiger partial charge in [0.1, 0.15) is 0 Å². The quantitative estimate of drug-likeness (QED) is 0.470. The Bertz CT molecular complexity index is 603. The van der Waals surface area contributed by atoms with Gasteiger partial charge in [-0.25, -0.2) is 0 Å². The molecule has 0 bridgehead atoms. The number of nitrogens with one attached hydrogen (secondary N) is 2. The van der Waals surface area contributed by atoms with E-state index < -0.39 is 0 Å². The summed E-state index contributed by atoms with van der Waals surface area (Å²) in [7, 11) is 0. The zero-order valence-corrected chi connectivity index (χ0v) is 16.5. The van der Waals surface area contributed by atoms with Crippen LogP contribution in [0.25, 0.3) is 0 Å². The van der Waals surface area contributed by atoms with Crippen LogP contribution in [0, 0.1) is 0 Å². The van der Waals surface area contributed by atoms with E-state index in [1.54, 1.807) is 0 Å². The molecule has 2 saturated heterocycles. The van der Waals surface area contributed by atoms with Gasteiger partial charge >= 0.3 is 0 Å². The number of thiocarbonyl (C=S) groups is 1. The van der Waals surface area contributed by atoms with Crippen molar-refractivity contribution in [3.63, 3.8) is 0 Å². The SMILES string of the molecule is C/C(=N\NC(=S)NCC1CCCO1)c1ccc(N2CCCCCC2)cc1. The van der Waals surface area contributed by atoms with Crippen molar-refractivity contribution in [2.24, 2.45) is 5.10 Å². The van der Waals surface area contributed by atoms with Crippen LogP contribution in [-0.2, 0) is 4.74 Å². The topological polar surface area (TPSA) is 48.9 Å². The minimum absolute atomic E-state index is 0.270. The molecule has 6 heteroatoms. The summed E-state index contributed by atoms with van der Waals surface area (Å²) in [5, 5.41) is 8.12. The van der Waals surface area contributed by atoms with E-state index in [4.69, 9.17) is 17.0 Å². The minimum Gasteiger partial charge on any atom is -0.376 e. The van der Waals surface area contributed by atoms with E-state index in [1.807, 2.05) is 6.92 Å². The van der Waals surface area contributed by atoms with Crippen molar-refractivity contribution in [2.75, 3.05) is 31.1 Å². The number of hydrazone groups is 1. The van der Waals surface area contributed by atoms with Crippen molar-refractivity contribution in [3.8, 4) is 0 Å². The van der Waals surface area contributed by atoms with Gasteiger partial charge in [-0.3, -0.25) is 5.43 Å². The predicted octanol–water partition coefficient (Wildman–Crippen LogP) is 3.43. The third kappa shape index (κ3) is 5.68. The summed E-state index contributed by atoms with van der Waals surface area (Å²) >= 11 is 5.28. The molecule has 26 heavy (non-hydrogen) atoms. The molecule has 0 aliphatic carbocycles. The molecule has 0 saturated carbocycles. The van der Waals surface area contributed by atoms with Crippen LogP contribution in [0.4, 0.5) is 5.69 Å². The standard InChI is InChI=1S/C20H30N4OS/c1-16(22-23-20(26)21-15-19-7-6-14-25-19)17-8-10-18(11-9-17)24-12-4-2-3-5-13-24/h8-11,19H,2-7,12-15H2,1H3,(H2,21,23,26)/b22-16+. The maximum Gasteiger partial charge on any atom is 0.187 e. The predicted molar refractivity (Wildman–Crippen MR) is 112 cm³/mol. The molecule has 0 amide bonds. The highest BCUT2D eigenvalue weighted by molar-refractivity contribution is 7.80. The summed E-state index contributed by atoms with van der Waals surface area (Å²) in [5.41, 5.74) is 6.28. The Morgan fingerprint density at radius 1 is 1.15 bits per heavy atom. The van der Waals surface area contributed by atoms with E-state index in [9.17, 15) is 0 Å². The number of hydrogen-bond donors (Lipinski definition) is 2. The number of nitrogens with zero attached hydrogens (tertiary/aromatic N) is 2. The molecule has 1 unspecified atom stereocenters. The largest absolute Gasteiger partial charge is 0.376 e. The van der Waals surface area contributed by atoms with Gasteiger partial charge < -0.3 is 15.0 Å². The first-order chi connectivity index (χ1) is 12.7. The van der Waals surface area contributed by atoms with Crippen LogP contribution < -0.4 is 15.6 Å². The van der Waals surface area contributed by atoms with Crippen molar-refractivity contribution in [2.45, 2.75) is 51.6 Å². The first kappa shape index (κ1) is 19.1. The molecule has 1 atom stereocenters. The number of hydrogen-bond acceptors (Lipinski definition) is 4. The number of ether oxygens (including phenoxy) is 1. The average molecular weight is 375 g/mol. The molecule has 1 aromatic rings. The molecule has 5 nitrogen and oxygen atoms in total. The lowest BCUT2D eigenvalue weighted by molar-refractivity contribution is 0.114. The summed E-state index contributed by atoms with van der Waals surface area (Å²) < 4.78 is 5.58. The van der Waals surface area contributed by atoms with Crippen LogP contribution in [0.5, 0.6) is 0 Å². The number of anilines is 1. The maximum atomic E-state index is 5.58. The molecular weight excluding hydrogens is 344 g/mol. The Labute approximate surface area is 162 Å². The summed E-state index contributed by atoms with van der Waals surface area (Å²) in [6.45, 7) is 5.93. The summed E-state index contributed by atoms with van der Waals surface area (Å²) in [6.07, 6.45) is 7.80. The second-order valence-electron chi connectivity index (χ2n) is 7.10. The van der Waals surface area contributed by atoms with Crippen molar-refractivity contribution in [3.05, 3.63) is 29.8 Å². The zero-order chi connectivity index (χ0) is 18.2. The molecule has 2 aliphatic rings. The third-order valence-corrected chi connectivity index (χ3v) is 5.33. The van der Waals surface area contributed by atoms with Gasteiger partial charge in [-0.2, -0.15) is 5.10 Å². The fourth-order valence-corrected chi connectivity index (χ4v) is 3.62. The van der Waals surface area contributed by atoms with Crippen LogP contribution in [0.2, 0.25) is 0 Å². The summed E-state index contributed by atoms with van der Waals surface area (Å²) in [4.78, 5) is 2.49. The minimum atomic E-state index is 0.270. The highest BCUT2D eigenvalue weighted by atomic mass is 32.1. The Hall–Kier alpha value is -1.66. The van der Waals surface area contributed by atoms with Gasteiger partial charge in [-0.1, -0.05) is 25.0 Å². The van der Waals surface area contributed by atoms with Crippen molar-refractivity contribution in [1.29, 1.82) is 0 Å². The fraction of sp³-hybridized carbons (Fsp3) is 0.600. The Morgan fingerprint density at radius 3 is 2.54 bits per heavy atom. The van der Waals surface area contributed by atoms with Crippen LogP contribution in [-0.4, -0.2) is 43.2 Å². The zero-order valence-electron chi connectivity index (χ0n) is 15.7. The highest BCUT2D eigenvalue weighted by Crippen LogP contribution is 2.20. The van der Waals surface area contributed by atoms with E-state index in [-0.39, 0.29) is 6.10 Å². The highest BCUT2D eigenvalue weighted by Gasteiger charge is 2.15. The molecule has 1 aromatic carbocycles. The van der Waals surface area contributed by atoms with Crippen molar-refractivity contribution < 1.29 is 4.74 Å². The first-order valence-electron chi connectivity index (χ1n) is 9.77. The summed E-state index contributed by atoms with van der Waals surface area (Å²) in [6, 6.07) is 8.69. The average Bonchev–Trinajstić information content (AvgIpc) is 3.05. The van der Waals surface area contributed by atoms with E-state index in [0.29, 0.717) is 5.11 Å². The first-order valence-corrected chi connectivity index (χ1v) is 10.2. The Morgan fingerprint density at radius 2 is 1.88 bits per heavy atom. The van der Waals surface area contributed by atoms with Gasteiger partial charge in [0.25, 0.3) is 0 Å². The van der Waals surface area contributed by atoms with Crippen LogP contribution in [0.15, 0.2) is 29.4 Å². The number of rotatable bonds is 5. The molecule has 0 aromatic heterocycles. The lowest BCUT2D eigenvalue weighted by Gasteiger charge is -2.22. The Balaban J connectivity index is 1.49. The second kappa shape index (κ2) is 9.88. The fourth-order valence-electron chi connectivity index (χ4n) is 3.49. The molecule has 2 aliphatic heterocycles. The molecule has 2 heterocycles.